The van der Waals surface area contributed by atoms with Gasteiger partial charge in [-0.05, 0) is 31.4 Å². The minimum absolute atomic E-state index is 0.208. The van der Waals surface area contributed by atoms with Gasteiger partial charge < -0.3 is 15.7 Å². The van der Waals surface area contributed by atoms with Gasteiger partial charge >= 0.3 is 0 Å². The van der Waals surface area contributed by atoms with Crippen LogP contribution in [0.25, 0.3) is 10.9 Å². The molecule has 2 amide bonds. The van der Waals surface area contributed by atoms with E-state index in [9.17, 15) is 14.7 Å². The third-order valence-corrected chi connectivity index (χ3v) is 3.90. The van der Waals surface area contributed by atoms with Crippen LogP contribution in [-0.4, -0.2) is 40.6 Å². The number of aliphatic hydroxyl groups is 1. The highest BCUT2D eigenvalue weighted by molar-refractivity contribution is 5.98. The largest absolute Gasteiger partial charge is 0.391 e. The highest BCUT2D eigenvalue weighted by Crippen LogP contribution is 2.12. The van der Waals surface area contributed by atoms with E-state index in [2.05, 4.69) is 29.5 Å². The summed E-state index contributed by atoms with van der Waals surface area (Å²) in [5.41, 5.74) is 0.907. The summed E-state index contributed by atoms with van der Waals surface area (Å²) in [6.07, 6.45) is -0.179. The Labute approximate surface area is 147 Å². The number of benzene rings is 1. The van der Waals surface area contributed by atoms with E-state index in [0.717, 1.165) is 11.8 Å². The predicted molar refractivity (Wildman–Crippen MR) is 97.1 cm³/mol. The molecule has 25 heavy (non-hydrogen) atoms. The summed E-state index contributed by atoms with van der Waals surface area (Å²) in [7, 11) is 0. The lowest BCUT2D eigenvalue weighted by Crippen LogP contribution is -2.52. The maximum absolute atomic E-state index is 12.4. The molecule has 0 saturated heterocycles. The van der Waals surface area contributed by atoms with Crippen molar-refractivity contribution in [2.45, 2.75) is 39.3 Å². The van der Waals surface area contributed by atoms with E-state index in [1.54, 1.807) is 12.1 Å². The van der Waals surface area contributed by atoms with Crippen molar-refractivity contribution >= 4 is 22.7 Å². The number of pyridine rings is 1. The zero-order chi connectivity index (χ0) is 18.4. The molecule has 0 aliphatic rings. The maximum Gasteiger partial charge on any atom is 0.270 e. The van der Waals surface area contributed by atoms with Gasteiger partial charge in [0.1, 0.15) is 11.7 Å². The van der Waals surface area contributed by atoms with Crippen LogP contribution < -0.4 is 10.6 Å². The lowest BCUT2D eigenvalue weighted by molar-refractivity contribution is -0.125. The van der Waals surface area contributed by atoms with E-state index in [4.69, 9.17) is 0 Å². The van der Waals surface area contributed by atoms with Crippen LogP contribution >= 0.6 is 0 Å². The molecule has 1 aromatic carbocycles. The van der Waals surface area contributed by atoms with Crippen LogP contribution in [-0.2, 0) is 4.79 Å². The van der Waals surface area contributed by atoms with Crippen LogP contribution in [0.15, 0.2) is 36.4 Å². The normalized spacial score (nSPS) is 13.5. The third-order valence-electron chi connectivity index (χ3n) is 3.90. The molecule has 1 heterocycles. The molecule has 0 bridgehead atoms. The Morgan fingerprint density at radius 3 is 2.52 bits per heavy atom. The van der Waals surface area contributed by atoms with Crippen molar-refractivity contribution in [3.8, 4) is 0 Å². The van der Waals surface area contributed by atoms with Crippen molar-refractivity contribution in [3.05, 3.63) is 42.1 Å². The van der Waals surface area contributed by atoms with E-state index in [0.29, 0.717) is 18.0 Å². The third kappa shape index (κ3) is 5.26. The number of carbonyl (C=O) groups is 2. The molecule has 2 rings (SSSR count). The van der Waals surface area contributed by atoms with Crippen molar-refractivity contribution in [1.29, 1.82) is 0 Å². The SMILES string of the molecule is CC(C)CCNC(=O)[C@@H](NC(=O)c1ccc2ccccc2n1)[C@@H](C)O. The summed E-state index contributed by atoms with van der Waals surface area (Å²) in [6.45, 7) is 6.10. The number of fused-ring (bicyclic) bond motifs is 1. The summed E-state index contributed by atoms with van der Waals surface area (Å²) in [6, 6.07) is 9.85. The second kappa shape index (κ2) is 8.58. The number of aromatic nitrogens is 1. The first kappa shape index (κ1) is 18.9. The van der Waals surface area contributed by atoms with Gasteiger partial charge in [-0.2, -0.15) is 0 Å². The number of amides is 2. The lowest BCUT2D eigenvalue weighted by Gasteiger charge is -2.21. The predicted octanol–water partition coefficient (Wildman–Crippen LogP) is 1.88. The summed E-state index contributed by atoms with van der Waals surface area (Å²) < 4.78 is 0. The number of para-hydroxylation sites is 1. The number of carbonyl (C=O) groups excluding carboxylic acids is 2. The Morgan fingerprint density at radius 2 is 1.84 bits per heavy atom. The van der Waals surface area contributed by atoms with Gasteiger partial charge in [-0.3, -0.25) is 9.59 Å². The molecule has 0 aliphatic heterocycles. The van der Waals surface area contributed by atoms with E-state index < -0.39 is 24.0 Å². The fraction of sp³-hybridized carbons (Fsp3) is 0.421. The van der Waals surface area contributed by atoms with Crippen molar-refractivity contribution in [1.82, 2.24) is 15.6 Å². The molecule has 6 nitrogen and oxygen atoms in total. The zero-order valence-corrected chi connectivity index (χ0v) is 14.8. The Kier molecular flexibility index (Phi) is 6.47. The first-order valence-corrected chi connectivity index (χ1v) is 8.51. The number of hydrogen-bond acceptors (Lipinski definition) is 4. The molecule has 1 aromatic heterocycles. The Morgan fingerprint density at radius 1 is 1.12 bits per heavy atom. The summed E-state index contributed by atoms with van der Waals surface area (Å²) in [5, 5.41) is 16.1. The van der Waals surface area contributed by atoms with Crippen LogP contribution in [0.2, 0.25) is 0 Å². The molecule has 134 valence electrons. The van der Waals surface area contributed by atoms with E-state index in [-0.39, 0.29) is 5.69 Å². The summed E-state index contributed by atoms with van der Waals surface area (Å²) >= 11 is 0. The van der Waals surface area contributed by atoms with Gasteiger partial charge in [0, 0.05) is 11.9 Å². The Hall–Kier alpha value is -2.47. The average molecular weight is 343 g/mol. The van der Waals surface area contributed by atoms with E-state index in [1.807, 2.05) is 24.3 Å². The van der Waals surface area contributed by atoms with Crippen molar-refractivity contribution < 1.29 is 14.7 Å². The number of rotatable bonds is 7. The number of nitrogens with one attached hydrogen (secondary N) is 2. The summed E-state index contributed by atoms with van der Waals surface area (Å²) in [4.78, 5) is 29.0. The molecule has 0 aliphatic carbocycles. The van der Waals surface area contributed by atoms with Crippen molar-refractivity contribution in [2.75, 3.05) is 6.54 Å². The molecule has 0 unspecified atom stereocenters. The molecule has 0 fully saturated rings. The van der Waals surface area contributed by atoms with Crippen molar-refractivity contribution in [2.24, 2.45) is 5.92 Å². The molecule has 6 heteroatoms. The quantitative estimate of drug-likeness (QED) is 0.716. The molecule has 2 aromatic rings. The number of hydrogen-bond donors (Lipinski definition) is 3. The highest BCUT2D eigenvalue weighted by atomic mass is 16.3. The van der Waals surface area contributed by atoms with Crippen LogP contribution in [0.4, 0.5) is 0 Å². The minimum atomic E-state index is -1.02. The molecular formula is C19H25N3O3. The van der Waals surface area contributed by atoms with Crippen LogP contribution in [0.1, 0.15) is 37.7 Å². The fourth-order valence-electron chi connectivity index (χ4n) is 2.41. The van der Waals surface area contributed by atoms with E-state index >= 15 is 0 Å². The zero-order valence-electron chi connectivity index (χ0n) is 14.8. The molecule has 0 radical (unpaired) electrons. The number of aliphatic hydroxyl groups excluding tert-OH is 1. The molecule has 3 N–H and O–H groups in total. The first-order valence-electron chi connectivity index (χ1n) is 8.51. The minimum Gasteiger partial charge on any atom is -0.391 e. The van der Waals surface area contributed by atoms with Crippen LogP contribution in [0.3, 0.4) is 0 Å². The fourth-order valence-corrected chi connectivity index (χ4v) is 2.41. The second-order valence-corrected chi connectivity index (χ2v) is 6.55. The monoisotopic (exact) mass is 343 g/mol. The van der Waals surface area contributed by atoms with Gasteiger partial charge in [0.15, 0.2) is 0 Å². The lowest BCUT2D eigenvalue weighted by atomic mass is 10.1. The van der Waals surface area contributed by atoms with Gasteiger partial charge in [0.25, 0.3) is 5.91 Å². The highest BCUT2D eigenvalue weighted by Gasteiger charge is 2.26. The van der Waals surface area contributed by atoms with Crippen LogP contribution in [0.5, 0.6) is 0 Å². The van der Waals surface area contributed by atoms with Crippen LogP contribution in [0, 0.1) is 5.92 Å². The van der Waals surface area contributed by atoms with Crippen molar-refractivity contribution in [3.63, 3.8) is 0 Å². The maximum atomic E-state index is 12.4. The second-order valence-electron chi connectivity index (χ2n) is 6.55. The Balaban J connectivity index is 2.06. The topological polar surface area (TPSA) is 91.3 Å². The smallest absolute Gasteiger partial charge is 0.270 e. The van der Waals surface area contributed by atoms with Gasteiger partial charge in [0.2, 0.25) is 5.91 Å². The van der Waals surface area contributed by atoms with Gasteiger partial charge in [0.05, 0.1) is 11.6 Å². The molecule has 0 spiro atoms. The van der Waals surface area contributed by atoms with E-state index in [1.165, 1.54) is 6.92 Å². The van der Waals surface area contributed by atoms with Gasteiger partial charge in [-0.1, -0.05) is 38.1 Å². The van der Waals surface area contributed by atoms with Gasteiger partial charge in [-0.15, -0.1) is 0 Å². The molecule has 2 atom stereocenters. The van der Waals surface area contributed by atoms with Gasteiger partial charge in [-0.25, -0.2) is 4.98 Å². The molecular weight excluding hydrogens is 318 g/mol. The molecule has 0 saturated carbocycles. The first-order chi connectivity index (χ1) is 11.9. The standard InChI is InChI=1S/C19H25N3O3/c1-12(2)10-11-20-19(25)17(13(3)23)22-18(24)16-9-8-14-6-4-5-7-15(14)21-16/h4-9,12-13,17,23H,10-11H2,1-3H3,(H,20,25)(H,22,24)/t13-,17+/m1/s1. The Bertz CT molecular complexity index is 744. The summed E-state index contributed by atoms with van der Waals surface area (Å²) in [5.74, 6) is -0.429. The average Bonchev–Trinajstić information content (AvgIpc) is 2.58. The number of nitrogens with zero attached hydrogens (tertiary/aromatic N) is 1.